The zero-order valence-corrected chi connectivity index (χ0v) is 11.5. The quantitative estimate of drug-likeness (QED) is 0.797. The molecule has 0 saturated carbocycles. The van der Waals surface area contributed by atoms with E-state index in [1.165, 1.54) is 0 Å². The van der Waals surface area contributed by atoms with E-state index in [1.807, 2.05) is 31.9 Å². The van der Waals surface area contributed by atoms with Crippen LogP contribution >= 0.6 is 11.6 Å². The molecule has 2 rings (SSSR count). The van der Waals surface area contributed by atoms with Crippen molar-refractivity contribution in [3.05, 3.63) is 41.1 Å². The second-order valence-electron chi connectivity index (χ2n) is 4.27. The molecular formula is C13H16ClN3O. The molecular weight excluding hydrogens is 250 g/mol. The van der Waals surface area contributed by atoms with E-state index in [-0.39, 0.29) is 0 Å². The Balaban J connectivity index is 2.16. The molecule has 0 radical (unpaired) electrons. The molecule has 0 aliphatic heterocycles. The summed E-state index contributed by atoms with van der Waals surface area (Å²) in [5.41, 5.74) is 3.03. The minimum absolute atomic E-state index is 0.441. The van der Waals surface area contributed by atoms with Crippen molar-refractivity contribution in [3.8, 4) is 0 Å². The average Bonchev–Trinajstić information content (AvgIpc) is 2.75. The molecule has 2 aromatic rings. The summed E-state index contributed by atoms with van der Waals surface area (Å²) in [6.45, 7) is 4.62. The average molecular weight is 266 g/mol. The van der Waals surface area contributed by atoms with Gasteiger partial charge in [-0.25, -0.2) is 9.97 Å². The Hall–Kier alpha value is -1.55. The van der Waals surface area contributed by atoms with Crippen LogP contribution in [0, 0.1) is 13.8 Å². The number of halogens is 1. The molecule has 2 aromatic heterocycles. The monoisotopic (exact) mass is 265 g/mol. The Morgan fingerprint density at radius 2 is 2.11 bits per heavy atom. The SMILES string of the molecule is Cc1nc(N(C)Cc2ccoc2C)ncc1CCl. The van der Waals surface area contributed by atoms with Crippen LogP contribution in [0.4, 0.5) is 5.95 Å². The molecule has 4 nitrogen and oxygen atoms in total. The third-order valence-electron chi connectivity index (χ3n) is 2.93. The Kier molecular flexibility index (Phi) is 3.87. The summed E-state index contributed by atoms with van der Waals surface area (Å²) in [7, 11) is 1.96. The number of rotatable bonds is 4. The van der Waals surface area contributed by atoms with Crippen molar-refractivity contribution in [1.82, 2.24) is 9.97 Å². The standard InChI is InChI=1S/C13H16ClN3O/c1-9-12(6-14)7-15-13(16-9)17(3)8-11-4-5-18-10(11)2/h4-5,7H,6,8H2,1-3H3. The van der Waals surface area contributed by atoms with Crippen LogP contribution in [-0.4, -0.2) is 17.0 Å². The predicted octanol–water partition coefficient (Wildman–Crippen LogP) is 3.06. The molecule has 0 amide bonds. The Morgan fingerprint density at radius 3 is 2.67 bits per heavy atom. The zero-order chi connectivity index (χ0) is 13.1. The maximum absolute atomic E-state index is 5.79. The van der Waals surface area contributed by atoms with Crippen molar-refractivity contribution >= 4 is 17.5 Å². The lowest BCUT2D eigenvalue weighted by Crippen LogP contribution is -2.19. The molecule has 0 spiro atoms. The van der Waals surface area contributed by atoms with Gasteiger partial charge in [0.2, 0.25) is 5.95 Å². The van der Waals surface area contributed by atoms with E-state index in [1.54, 1.807) is 12.5 Å². The van der Waals surface area contributed by atoms with Gasteiger partial charge >= 0.3 is 0 Å². The highest BCUT2D eigenvalue weighted by atomic mass is 35.5. The van der Waals surface area contributed by atoms with Crippen LogP contribution in [0.5, 0.6) is 0 Å². The van der Waals surface area contributed by atoms with Gasteiger partial charge in [0.25, 0.3) is 0 Å². The zero-order valence-electron chi connectivity index (χ0n) is 10.8. The van der Waals surface area contributed by atoms with Crippen LogP contribution < -0.4 is 4.90 Å². The van der Waals surface area contributed by atoms with E-state index < -0.39 is 0 Å². The number of hydrogen-bond acceptors (Lipinski definition) is 4. The van der Waals surface area contributed by atoms with E-state index in [0.29, 0.717) is 11.8 Å². The minimum atomic E-state index is 0.441. The first-order chi connectivity index (χ1) is 8.61. The fourth-order valence-corrected chi connectivity index (χ4v) is 1.96. The molecule has 0 unspecified atom stereocenters. The van der Waals surface area contributed by atoms with Gasteiger partial charge < -0.3 is 9.32 Å². The van der Waals surface area contributed by atoms with Crippen LogP contribution in [0.2, 0.25) is 0 Å². The summed E-state index contributed by atoms with van der Waals surface area (Å²) >= 11 is 5.79. The van der Waals surface area contributed by atoms with Crippen molar-refractivity contribution in [2.24, 2.45) is 0 Å². The Morgan fingerprint density at radius 1 is 1.33 bits per heavy atom. The summed E-state index contributed by atoms with van der Waals surface area (Å²) in [4.78, 5) is 10.8. The molecule has 0 aromatic carbocycles. The molecule has 96 valence electrons. The van der Waals surface area contributed by atoms with Crippen molar-refractivity contribution in [2.45, 2.75) is 26.3 Å². The lowest BCUT2D eigenvalue weighted by molar-refractivity contribution is 0.529. The van der Waals surface area contributed by atoms with Crippen LogP contribution in [0.1, 0.15) is 22.6 Å². The first-order valence-electron chi connectivity index (χ1n) is 5.74. The van der Waals surface area contributed by atoms with Gasteiger partial charge in [0.05, 0.1) is 12.1 Å². The normalized spacial score (nSPS) is 10.7. The van der Waals surface area contributed by atoms with Crippen LogP contribution in [0.3, 0.4) is 0 Å². The largest absolute Gasteiger partial charge is 0.469 e. The third-order valence-corrected chi connectivity index (χ3v) is 3.22. The summed E-state index contributed by atoms with van der Waals surface area (Å²) in [5.74, 6) is 2.06. The van der Waals surface area contributed by atoms with E-state index in [4.69, 9.17) is 16.0 Å². The topological polar surface area (TPSA) is 42.2 Å². The fraction of sp³-hybridized carbons (Fsp3) is 0.385. The van der Waals surface area contributed by atoms with Gasteiger partial charge in [0.1, 0.15) is 5.76 Å². The molecule has 0 aliphatic carbocycles. The van der Waals surface area contributed by atoms with E-state index >= 15 is 0 Å². The van der Waals surface area contributed by atoms with E-state index in [2.05, 4.69) is 9.97 Å². The summed E-state index contributed by atoms with van der Waals surface area (Å²) in [5, 5.41) is 0. The van der Waals surface area contributed by atoms with Crippen LogP contribution in [0.15, 0.2) is 22.9 Å². The predicted molar refractivity (Wildman–Crippen MR) is 71.9 cm³/mol. The van der Waals surface area contributed by atoms with Crippen molar-refractivity contribution in [2.75, 3.05) is 11.9 Å². The molecule has 0 N–H and O–H groups in total. The van der Waals surface area contributed by atoms with Gasteiger partial charge in [-0.2, -0.15) is 0 Å². The molecule has 5 heteroatoms. The van der Waals surface area contributed by atoms with Crippen LogP contribution in [0.25, 0.3) is 0 Å². The van der Waals surface area contributed by atoms with Gasteiger partial charge in [0.15, 0.2) is 0 Å². The maximum atomic E-state index is 5.79. The van der Waals surface area contributed by atoms with Gasteiger partial charge in [-0.15, -0.1) is 11.6 Å². The smallest absolute Gasteiger partial charge is 0.225 e. The lowest BCUT2D eigenvalue weighted by atomic mass is 10.2. The third kappa shape index (κ3) is 2.64. The Labute approximate surface area is 112 Å². The van der Waals surface area contributed by atoms with E-state index in [0.717, 1.165) is 29.1 Å². The molecule has 18 heavy (non-hydrogen) atoms. The van der Waals surface area contributed by atoms with Crippen LogP contribution in [-0.2, 0) is 12.4 Å². The van der Waals surface area contributed by atoms with Gasteiger partial charge in [-0.1, -0.05) is 0 Å². The number of furan rings is 1. The molecule has 0 saturated heterocycles. The second-order valence-corrected chi connectivity index (χ2v) is 4.54. The highest BCUT2D eigenvalue weighted by Gasteiger charge is 2.10. The highest BCUT2D eigenvalue weighted by molar-refractivity contribution is 6.17. The molecule has 2 heterocycles. The summed E-state index contributed by atoms with van der Waals surface area (Å²) in [6, 6.07) is 1.96. The van der Waals surface area contributed by atoms with Gasteiger partial charge in [0, 0.05) is 36.6 Å². The number of alkyl halides is 1. The molecule has 0 atom stereocenters. The van der Waals surface area contributed by atoms with Gasteiger partial charge in [-0.3, -0.25) is 0 Å². The lowest BCUT2D eigenvalue weighted by Gasteiger charge is -2.17. The summed E-state index contributed by atoms with van der Waals surface area (Å²) in [6.07, 6.45) is 3.48. The first-order valence-corrected chi connectivity index (χ1v) is 6.28. The number of aryl methyl sites for hydroxylation is 2. The van der Waals surface area contributed by atoms with Crippen molar-refractivity contribution < 1.29 is 4.42 Å². The molecule has 0 bridgehead atoms. The molecule has 0 aliphatic rings. The first kappa shape index (κ1) is 12.9. The second kappa shape index (κ2) is 5.40. The number of aromatic nitrogens is 2. The number of anilines is 1. The highest BCUT2D eigenvalue weighted by Crippen LogP contribution is 2.16. The number of nitrogens with zero attached hydrogens (tertiary/aromatic N) is 3. The maximum Gasteiger partial charge on any atom is 0.225 e. The van der Waals surface area contributed by atoms with Gasteiger partial charge in [-0.05, 0) is 19.9 Å². The summed E-state index contributed by atoms with van der Waals surface area (Å²) < 4.78 is 5.28. The fourth-order valence-electron chi connectivity index (χ4n) is 1.70. The van der Waals surface area contributed by atoms with E-state index in [9.17, 15) is 0 Å². The van der Waals surface area contributed by atoms with Crippen molar-refractivity contribution in [1.29, 1.82) is 0 Å². The van der Waals surface area contributed by atoms with Crippen molar-refractivity contribution in [3.63, 3.8) is 0 Å². The molecule has 0 fully saturated rings. The number of hydrogen-bond donors (Lipinski definition) is 0. The Bertz CT molecular complexity index is 539. The minimum Gasteiger partial charge on any atom is -0.469 e.